The van der Waals surface area contributed by atoms with Crippen molar-refractivity contribution < 1.29 is 9.59 Å². The largest absolute Gasteiger partial charge is 0.325 e. The second kappa shape index (κ2) is 9.17. The van der Waals surface area contributed by atoms with Gasteiger partial charge in [0.15, 0.2) is 0 Å². The first-order valence-electron chi connectivity index (χ1n) is 9.07. The number of hydrogen-bond acceptors (Lipinski definition) is 4. The second-order valence-electron chi connectivity index (χ2n) is 6.82. The zero-order chi connectivity index (χ0) is 21.0. The molecule has 148 valence electrons. The van der Waals surface area contributed by atoms with E-state index in [1.165, 1.54) is 0 Å². The highest BCUT2D eigenvalue weighted by molar-refractivity contribution is 8.03. The predicted molar refractivity (Wildman–Crippen MR) is 117 cm³/mol. The summed E-state index contributed by atoms with van der Waals surface area (Å²) < 4.78 is 0. The molecule has 1 unspecified atom stereocenters. The van der Waals surface area contributed by atoms with Crippen molar-refractivity contribution >= 4 is 40.9 Å². The van der Waals surface area contributed by atoms with Crippen LogP contribution >= 0.6 is 23.4 Å². The molecule has 1 heterocycles. The Bertz CT molecular complexity index is 1030. The summed E-state index contributed by atoms with van der Waals surface area (Å²) in [5, 5.41) is 16.3. The highest BCUT2D eigenvalue weighted by Crippen LogP contribution is 2.36. The quantitative estimate of drug-likeness (QED) is 0.729. The Hall–Kier alpha value is -2.75. The smallest absolute Gasteiger partial charge is 0.234 e. The van der Waals surface area contributed by atoms with E-state index in [0.717, 1.165) is 28.5 Å². The van der Waals surface area contributed by atoms with Crippen LogP contribution in [0.4, 0.5) is 5.69 Å². The number of hydrogen-bond donors (Lipinski definition) is 2. The minimum absolute atomic E-state index is 0.0629. The number of anilines is 1. The molecule has 1 aliphatic rings. The molecule has 3 rings (SSSR count). The summed E-state index contributed by atoms with van der Waals surface area (Å²) in [6.07, 6.45) is 0.212. The van der Waals surface area contributed by atoms with Crippen LogP contribution in [0.2, 0.25) is 5.02 Å². The van der Waals surface area contributed by atoms with Crippen molar-refractivity contribution in [1.82, 2.24) is 5.32 Å². The number of allylic oxidation sites excluding steroid dienone is 1. The van der Waals surface area contributed by atoms with Gasteiger partial charge in [0.05, 0.1) is 22.4 Å². The van der Waals surface area contributed by atoms with Crippen molar-refractivity contribution in [3.05, 3.63) is 74.8 Å². The molecule has 0 aromatic heterocycles. The molecule has 1 aliphatic heterocycles. The Labute approximate surface area is 179 Å². The van der Waals surface area contributed by atoms with E-state index in [2.05, 4.69) is 16.7 Å². The molecule has 0 aliphatic carbocycles. The number of amides is 2. The maximum Gasteiger partial charge on any atom is 0.234 e. The van der Waals surface area contributed by atoms with Gasteiger partial charge < -0.3 is 10.6 Å². The van der Waals surface area contributed by atoms with Crippen LogP contribution in [-0.2, 0) is 9.59 Å². The van der Waals surface area contributed by atoms with Crippen molar-refractivity contribution in [2.75, 3.05) is 11.1 Å². The van der Waals surface area contributed by atoms with Gasteiger partial charge in [-0.1, -0.05) is 59.3 Å². The lowest BCUT2D eigenvalue weighted by Crippen LogP contribution is -2.31. The summed E-state index contributed by atoms with van der Waals surface area (Å²) in [5.74, 6) is -0.650. The van der Waals surface area contributed by atoms with E-state index in [0.29, 0.717) is 21.3 Å². The van der Waals surface area contributed by atoms with E-state index in [4.69, 9.17) is 11.6 Å². The fraction of sp³-hybridized carbons (Fsp3) is 0.227. The number of carbonyl (C=O) groups excluding carboxylic acids is 2. The maximum absolute atomic E-state index is 12.4. The first kappa shape index (κ1) is 21.0. The van der Waals surface area contributed by atoms with Gasteiger partial charge in [-0.3, -0.25) is 9.59 Å². The van der Waals surface area contributed by atoms with Gasteiger partial charge >= 0.3 is 0 Å². The average molecular weight is 426 g/mol. The number of aryl methyl sites for hydroxylation is 1. The molecule has 5 nitrogen and oxygen atoms in total. The lowest BCUT2D eigenvalue weighted by molar-refractivity contribution is -0.121. The molecule has 0 spiro atoms. The third kappa shape index (κ3) is 5.00. The van der Waals surface area contributed by atoms with Gasteiger partial charge in [-0.2, -0.15) is 5.26 Å². The monoisotopic (exact) mass is 425 g/mol. The Kier molecular flexibility index (Phi) is 6.63. The van der Waals surface area contributed by atoms with Gasteiger partial charge in [0.2, 0.25) is 11.8 Å². The number of nitrogens with zero attached hydrogens (tertiary/aromatic N) is 1. The van der Waals surface area contributed by atoms with Crippen LogP contribution in [0, 0.1) is 25.2 Å². The van der Waals surface area contributed by atoms with Crippen molar-refractivity contribution in [2.24, 2.45) is 0 Å². The molecule has 0 radical (unpaired) electrons. The molecule has 0 fully saturated rings. The number of thioether (sulfide) groups is 1. The van der Waals surface area contributed by atoms with Crippen LogP contribution < -0.4 is 10.6 Å². The summed E-state index contributed by atoms with van der Waals surface area (Å²) in [5.41, 5.74) is 3.93. The van der Waals surface area contributed by atoms with Gasteiger partial charge in [0.1, 0.15) is 0 Å². The van der Waals surface area contributed by atoms with Crippen LogP contribution in [0.5, 0.6) is 0 Å². The van der Waals surface area contributed by atoms with Gasteiger partial charge in [0, 0.05) is 23.0 Å². The average Bonchev–Trinajstić information content (AvgIpc) is 2.70. The molecule has 7 heteroatoms. The van der Waals surface area contributed by atoms with Crippen LogP contribution in [0.1, 0.15) is 29.0 Å². The fourth-order valence-electron chi connectivity index (χ4n) is 3.08. The summed E-state index contributed by atoms with van der Waals surface area (Å²) in [4.78, 5) is 24.6. The molecule has 0 saturated carbocycles. The lowest BCUT2D eigenvalue weighted by Gasteiger charge is -2.25. The van der Waals surface area contributed by atoms with Crippen molar-refractivity contribution in [3.8, 4) is 6.07 Å². The molecule has 29 heavy (non-hydrogen) atoms. The van der Waals surface area contributed by atoms with E-state index in [-0.39, 0.29) is 29.9 Å². The predicted octanol–water partition coefficient (Wildman–Crippen LogP) is 4.67. The number of carbonyl (C=O) groups is 2. The molecule has 1 atom stereocenters. The van der Waals surface area contributed by atoms with Gasteiger partial charge in [-0.05, 0) is 37.1 Å². The topological polar surface area (TPSA) is 82.0 Å². The summed E-state index contributed by atoms with van der Waals surface area (Å²) in [7, 11) is 0. The van der Waals surface area contributed by atoms with E-state index in [1.54, 1.807) is 18.2 Å². The van der Waals surface area contributed by atoms with E-state index in [1.807, 2.05) is 38.1 Å². The molecule has 2 aromatic carbocycles. The molecule has 0 saturated heterocycles. The van der Waals surface area contributed by atoms with E-state index in [9.17, 15) is 14.9 Å². The highest BCUT2D eigenvalue weighted by Gasteiger charge is 2.29. The zero-order valence-corrected chi connectivity index (χ0v) is 17.7. The standard InChI is InChI=1S/C22H20ClN3O2S/c1-13-6-8-15(9-7-13)16-10-20(27)26-22(17(16)11-24)29-12-21(28)25-19-5-3-4-18(23)14(19)2/h3-9,16H,10,12H2,1-2H3,(H,25,28)(H,26,27). The third-order valence-corrected chi connectivity index (χ3v) is 6.15. The SMILES string of the molecule is Cc1ccc(C2CC(=O)NC(SCC(=O)Nc3cccc(Cl)c3C)=C2C#N)cc1. The highest BCUT2D eigenvalue weighted by atomic mass is 35.5. The number of nitriles is 1. The maximum atomic E-state index is 12.4. The number of nitrogens with one attached hydrogen (secondary N) is 2. The Balaban J connectivity index is 1.76. The minimum atomic E-state index is -0.310. The number of rotatable bonds is 5. The molecule has 2 aromatic rings. The zero-order valence-electron chi connectivity index (χ0n) is 16.1. The van der Waals surface area contributed by atoms with Gasteiger partial charge in [-0.25, -0.2) is 0 Å². The molecular weight excluding hydrogens is 406 g/mol. The van der Waals surface area contributed by atoms with Crippen molar-refractivity contribution in [2.45, 2.75) is 26.2 Å². The Morgan fingerprint density at radius 2 is 2.00 bits per heavy atom. The number of benzene rings is 2. The van der Waals surface area contributed by atoms with E-state index >= 15 is 0 Å². The normalized spacial score (nSPS) is 16.2. The van der Waals surface area contributed by atoms with Crippen LogP contribution in [0.25, 0.3) is 0 Å². The van der Waals surface area contributed by atoms with Gasteiger partial charge in [0.25, 0.3) is 0 Å². The van der Waals surface area contributed by atoms with Crippen LogP contribution in [-0.4, -0.2) is 17.6 Å². The Morgan fingerprint density at radius 3 is 2.69 bits per heavy atom. The molecule has 2 amide bonds. The first-order chi connectivity index (χ1) is 13.9. The van der Waals surface area contributed by atoms with Crippen LogP contribution in [0.15, 0.2) is 53.1 Å². The van der Waals surface area contributed by atoms with Gasteiger partial charge in [-0.15, -0.1) is 0 Å². The third-order valence-electron chi connectivity index (χ3n) is 4.73. The Morgan fingerprint density at radius 1 is 1.28 bits per heavy atom. The minimum Gasteiger partial charge on any atom is -0.325 e. The summed E-state index contributed by atoms with van der Waals surface area (Å²) >= 11 is 7.24. The second-order valence-corrected chi connectivity index (χ2v) is 8.21. The van der Waals surface area contributed by atoms with Crippen molar-refractivity contribution in [1.29, 1.82) is 5.26 Å². The summed E-state index contributed by atoms with van der Waals surface area (Å²) in [6, 6.07) is 15.3. The molecular formula is C22H20ClN3O2S. The number of halogens is 1. The molecule has 0 bridgehead atoms. The first-order valence-corrected chi connectivity index (χ1v) is 10.4. The van der Waals surface area contributed by atoms with E-state index < -0.39 is 0 Å². The van der Waals surface area contributed by atoms with Crippen molar-refractivity contribution in [3.63, 3.8) is 0 Å². The summed E-state index contributed by atoms with van der Waals surface area (Å²) in [6.45, 7) is 3.81. The fourth-order valence-corrected chi connectivity index (χ4v) is 4.13. The van der Waals surface area contributed by atoms with Crippen LogP contribution in [0.3, 0.4) is 0 Å². The molecule has 2 N–H and O–H groups in total. The lowest BCUT2D eigenvalue weighted by atomic mass is 9.87.